The van der Waals surface area contributed by atoms with Crippen LogP contribution in [-0.4, -0.2) is 32.0 Å². The zero-order chi connectivity index (χ0) is 15.5. The van der Waals surface area contributed by atoms with Crippen LogP contribution in [-0.2, 0) is 16.3 Å². The molecule has 0 aliphatic carbocycles. The van der Waals surface area contributed by atoms with Gasteiger partial charge in [0.2, 0.25) is 0 Å². The SMILES string of the molecule is CCNC(Cc1cc(Br)ccc1F)C1CCCCS1(=O)=O. The minimum Gasteiger partial charge on any atom is -0.313 e. The molecule has 1 fully saturated rings. The largest absolute Gasteiger partial charge is 0.313 e. The second kappa shape index (κ2) is 7.20. The van der Waals surface area contributed by atoms with E-state index in [1.807, 2.05) is 6.92 Å². The van der Waals surface area contributed by atoms with Crippen LogP contribution in [0.3, 0.4) is 0 Å². The Bertz CT molecular complexity index is 591. The Balaban J connectivity index is 2.24. The van der Waals surface area contributed by atoms with Gasteiger partial charge in [-0.05, 0) is 49.6 Å². The molecule has 2 atom stereocenters. The number of benzene rings is 1. The molecule has 6 heteroatoms. The summed E-state index contributed by atoms with van der Waals surface area (Å²) in [5.74, 6) is -0.0325. The minimum absolute atomic E-state index is 0.232. The van der Waals surface area contributed by atoms with E-state index >= 15 is 0 Å². The monoisotopic (exact) mass is 377 g/mol. The lowest BCUT2D eigenvalue weighted by molar-refractivity contribution is 0.435. The van der Waals surface area contributed by atoms with E-state index in [1.165, 1.54) is 6.07 Å². The van der Waals surface area contributed by atoms with Crippen molar-refractivity contribution in [3.63, 3.8) is 0 Å². The van der Waals surface area contributed by atoms with Crippen LogP contribution in [0, 0.1) is 5.82 Å². The maximum absolute atomic E-state index is 13.9. The Hall–Kier alpha value is -0.460. The number of likely N-dealkylation sites (N-methyl/N-ethyl adjacent to an activating group) is 1. The molecule has 1 aromatic rings. The maximum atomic E-state index is 13.9. The highest BCUT2D eigenvalue weighted by molar-refractivity contribution is 9.10. The third kappa shape index (κ3) is 4.27. The zero-order valence-electron chi connectivity index (χ0n) is 12.1. The van der Waals surface area contributed by atoms with Gasteiger partial charge in [-0.1, -0.05) is 29.3 Å². The third-order valence-corrected chi connectivity index (χ3v) is 6.83. The van der Waals surface area contributed by atoms with Gasteiger partial charge in [0.25, 0.3) is 0 Å². The predicted molar refractivity (Wildman–Crippen MR) is 86.7 cm³/mol. The van der Waals surface area contributed by atoms with Gasteiger partial charge in [0, 0.05) is 10.5 Å². The number of rotatable bonds is 5. The zero-order valence-corrected chi connectivity index (χ0v) is 14.5. The van der Waals surface area contributed by atoms with Crippen molar-refractivity contribution in [1.82, 2.24) is 5.32 Å². The van der Waals surface area contributed by atoms with Crippen molar-refractivity contribution in [3.8, 4) is 0 Å². The maximum Gasteiger partial charge on any atom is 0.154 e. The fraction of sp³-hybridized carbons (Fsp3) is 0.600. The molecule has 21 heavy (non-hydrogen) atoms. The number of hydrogen-bond acceptors (Lipinski definition) is 3. The van der Waals surface area contributed by atoms with E-state index < -0.39 is 15.1 Å². The van der Waals surface area contributed by atoms with Crippen molar-refractivity contribution in [3.05, 3.63) is 34.1 Å². The first kappa shape index (κ1) is 16.9. The Morgan fingerprint density at radius 3 is 2.86 bits per heavy atom. The molecular weight excluding hydrogens is 357 g/mol. The summed E-state index contributed by atoms with van der Waals surface area (Å²) in [6.07, 6.45) is 2.72. The van der Waals surface area contributed by atoms with Gasteiger partial charge in [-0.2, -0.15) is 0 Å². The average Bonchev–Trinajstić information content (AvgIpc) is 2.42. The van der Waals surface area contributed by atoms with Gasteiger partial charge in [0.1, 0.15) is 5.82 Å². The van der Waals surface area contributed by atoms with E-state index in [0.717, 1.165) is 17.3 Å². The Kier molecular flexibility index (Phi) is 5.80. The van der Waals surface area contributed by atoms with Crippen molar-refractivity contribution in [2.75, 3.05) is 12.3 Å². The van der Waals surface area contributed by atoms with E-state index in [1.54, 1.807) is 12.1 Å². The summed E-state index contributed by atoms with van der Waals surface area (Å²) in [6.45, 7) is 2.62. The molecule has 118 valence electrons. The van der Waals surface area contributed by atoms with Gasteiger partial charge in [-0.25, -0.2) is 12.8 Å². The highest BCUT2D eigenvalue weighted by Gasteiger charge is 2.35. The molecule has 1 N–H and O–H groups in total. The Morgan fingerprint density at radius 1 is 1.43 bits per heavy atom. The average molecular weight is 378 g/mol. The van der Waals surface area contributed by atoms with Gasteiger partial charge in [-0.3, -0.25) is 0 Å². The number of hydrogen-bond donors (Lipinski definition) is 1. The summed E-state index contributed by atoms with van der Waals surface area (Å²) in [5, 5.41) is 2.83. The van der Waals surface area contributed by atoms with E-state index in [4.69, 9.17) is 0 Å². The van der Waals surface area contributed by atoms with E-state index in [-0.39, 0.29) is 17.6 Å². The first-order valence-electron chi connectivity index (χ1n) is 7.33. The second-order valence-corrected chi connectivity index (χ2v) is 8.76. The molecule has 1 aliphatic rings. The van der Waals surface area contributed by atoms with Crippen LogP contribution in [0.4, 0.5) is 4.39 Å². The summed E-state index contributed by atoms with van der Waals surface area (Å²) in [7, 11) is -3.08. The molecule has 0 saturated carbocycles. The molecule has 0 amide bonds. The molecule has 0 aromatic heterocycles. The summed E-state index contributed by atoms with van der Waals surface area (Å²) in [5.41, 5.74) is 0.552. The standard InChI is InChI=1S/C15H21BrFNO2S/c1-2-18-14(15-5-3-4-8-21(15,19)20)10-11-9-12(16)6-7-13(11)17/h6-7,9,14-15,18H,2-5,8,10H2,1H3. The molecule has 0 radical (unpaired) electrons. The number of halogens is 2. The molecule has 1 aliphatic heterocycles. The molecule has 1 saturated heterocycles. The first-order valence-corrected chi connectivity index (χ1v) is 9.83. The lowest BCUT2D eigenvalue weighted by Crippen LogP contribution is -2.48. The summed E-state index contributed by atoms with van der Waals surface area (Å²) < 4.78 is 39.3. The number of nitrogens with one attached hydrogen (secondary N) is 1. The molecule has 2 unspecified atom stereocenters. The molecule has 0 bridgehead atoms. The van der Waals surface area contributed by atoms with Crippen molar-refractivity contribution in [1.29, 1.82) is 0 Å². The van der Waals surface area contributed by atoms with Gasteiger partial charge in [-0.15, -0.1) is 0 Å². The van der Waals surface area contributed by atoms with Crippen molar-refractivity contribution < 1.29 is 12.8 Å². The van der Waals surface area contributed by atoms with Crippen molar-refractivity contribution >= 4 is 25.8 Å². The van der Waals surface area contributed by atoms with Crippen molar-refractivity contribution in [2.45, 2.75) is 43.9 Å². The van der Waals surface area contributed by atoms with Crippen LogP contribution in [0.5, 0.6) is 0 Å². The van der Waals surface area contributed by atoms with Gasteiger partial charge in [0.05, 0.1) is 11.0 Å². The lowest BCUT2D eigenvalue weighted by atomic mass is 9.99. The normalized spacial score (nSPS) is 22.9. The van der Waals surface area contributed by atoms with E-state index in [2.05, 4.69) is 21.2 Å². The van der Waals surface area contributed by atoms with Crippen molar-refractivity contribution in [2.24, 2.45) is 0 Å². The van der Waals surface area contributed by atoms with Crippen LogP contribution in [0.1, 0.15) is 31.7 Å². The summed E-state index contributed by atoms with van der Waals surface area (Å²) in [4.78, 5) is 0. The van der Waals surface area contributed by atoms with Gasteiger partial charge < -0.3 is 5.32 Å². The molecule has 1 heterocycles. The van der Waals surface area contributed by atoms with Crippen LogP contribution < -0.4 is 5.32 Å². The van der Waals surface area contributed by atoms with Gasteiger partial charge in [0.15, 0.2) is 9.84 Å². The van der Waals surface area contributed by atoms with E-state index in [9.17, 15) is 12.8 Å². The number of sulfone groups is 1. The first-order chi connectivity index (χ1) is 9.94. The van der Waals surface area contributed by atoms with Gasteiger partial charge >= 0.3 is 0 Å². The molecule has 1 aromatic carbocycles. The van der Waals surface area contributed by atoms with Crippen LogP contribution >= 0.6 is 15.9 Å². The molecule has 3 nitrogen and oxygen atoms in total. The highest BCUT2D eigenvalue weighted by atomic mass is 79.9. The predicted octanol–water partition coefficient (Wildman–Crippen LogP) is 3.08. The lowest BCUT2D eigenvalue weighted by Gasteiger charge is -2.31. The third-order valence-electron chi connectivity index (χ3n) is 3.99. The van der Waals surface area contributed by atoms with E-state index in [0.29, 0.717) is 24.9 Å². The molecule has 0 spiro atoms. The fourth-order valence-corrected chi connectivity index (χ4v) is 5.50. The second-order valence-electron chi connectivity index (χ2n) is 5.51. The van der Waals surface area contributed by atoms with Crippen LogP contribution in [0.2, 0.25) is 0 Å². The summed E-state index contributed by atoms with van der Waals surface area (Å²) in [6, 6.07) is 4.56. The Morgan fingerprint density at radius 2 is 2.19 bits per heavy atom. The summed E-state index contributed by atoms with van der Waals surface area (Å²) >= 11 is 3.34. The quantitative estimate of drug-likeness (QED) is 0.857. The molecular formula is C15H21BrFNO2S. The van der Waals surface area contributed by atoms with Crippen LogP contribution in [0.15, 0.2) is 22.7 Å². The minimum atomic E-state index is -3.08. The highest BCUT2D eigenvalue weighted by Crippen LogP contribution is 2.25. The molecule has 2 rings (SSSR count). The Labute approximate surface area is 134 Å². The smallest absolute Gasteiger partial charge is 0.154 e. The fourth-order valence-electron chi connectivity index (χ4n) is 2.97. The van der Waals surface area contributed by atoms with Crippen LogP contribution in [0.25, 0.3) is 0 Å². The topological polar surface area (TPSA) is 46.2 Å².